The molecule has 0 bridgehead atoms. The molecule has 1 aromatic rings. The Morgan fingerprint density at radius 1 is 1.33 bits per heavy atom. The molecule has 1 aliphatic rings. The largest absolute Gasteiger partial charge is 0.373 e. The van der Waals surface area contributed by atoms with Gasteiger partial charge >= 0.3 is 0 Å². The Hall–Kier alpha value is -0.990. The molecule has 100 valence electrons. The maximum atomic E-state index is 12.3. The Labute approximate surface area is 109 Å². The van der Waals surface area contributed by atoms with Crippen molar-refractivity contribution in [1.82, 2.24) is 9.29 Å². The fraction of sp³-hybridized carbons (Fsp3) is 0.500. The van der Waals surface area contributed by atoms with E-state index in [2.05, 4.69) is 10.3 Å². The first-order valence-corrected chi connectivity index (χ1v) is 8.46. The van der Waals surface area contributed by atoms with Crippen LogP contribution in [0.2, 0.25) is 0 Å². The van der Waals surface area contributed by atoms with Crippen LogP contribution in [0.15, 0.2) is 23.2 Å². The second-order valence-electron chi connectivity index (χ2n) is 3.88. The van der Waals surface area contributed by atoms with E-state index in [1.807, 2.05) is 0 Å². The van der Waals surface area contributed by atoms with Crippen LogP contribution in [-0.2, 0) is 20.8 Å². The molecule has 0 amide bonds. The van der Waals surface area contributed by atoms with Crippen molar-refractivity contribution in [2.75, 3.05) is 37.0 Å². The van der Waals surface area contributed by atoms with Gasteiger partial charge in [0, 0.05) is 48.6 Å². The highest BCUT2D eigenvalue weighted by molar-refractivity contribution is 7.89. The van der Waals surface area contributed by atoms with E-state index < -0.39 is 20.8 Å². The van der Waals surface area contributed by atoms with Crippen molar-refractivity contribution in [3.05, 3.63) is 18.3 Å². The molecule has 1 aliphatic heterocycles. The van der Waals surface area contributed by atoms with Crippen LogP contribution >= 0.6 is 0 Å². The highest BCUT2D eigenvalue weighted by Gasteiger charge is 2.28. The number of nitrogens with one attached hydrogen (secondary N) is 1. The normalized spacial score (nSPS) is 18.7. The van der Waals surface area contributed by atoms with E-state index >= 15 is 0 Å². The molecule has 1 saturated heterocycles. The van der Waals surface area contributed by atoms with Gasteiger partial charge in [-0.25, -0.2) is 13.4 Å². The third-order valence-corrected chi connectivity index (χ3v) is 5.93. The fourth-order valence-corrected chi connectivity index (χ4v) is 4.36. The van der Waals surface area contributed by atoms with Gasteiger partial charge in [0.25, 0.3) is 0 Å². The zero-order valence-electron chi connectivity index (χ0n) is 10.00. The molecule has 6 nitrogen and oxygen atoms in total. The van der Waals surface area contributed by atoms with E-state index in [-0.39, 0.29) is 4.90 Å². The number of pyridine rings is 1. The lowest BCUT2D eigenvalue weighted by Gasteiger charge is -2.25. The van der Waals surface area contributed by atoms with E-state index in [0.717, 1.165) is 0 Å². The number of aromatic nitrogens is 1. The molecule has 1 N–H and O–H groups in total. The molecule has 0 spiro atoms. The van der Waals surface area contributed by atoms with Crippen LogP contribution in [0, 0.1) is 0 Å². The fourth-order valence-electron chi connectivity index (χ4n) is 1.69. The van der Waals surface area contributed by atoms with Crippen LogP contribution in [0.3, 0.4) is 0 Å². The summed E-state index contributed by atoms with van der Waals surface area (Å²) in [5.41, 5.74) is 0. The smallest absolute Gasteiger partial charge is 0.244 e. The van der Waals surface area contributed by atoms with E-state index in [0.29, 0.717) is 30.4 Å². The second kappa shape index (κ2) is 5.33. The van der Waals surface area contributed by atoms with E-state index in [1.165, 1.54) is 16.6 Å². The first-order valence-electron chi connectivity index (χ1n) is 5.53. The summed E-state index contributed by atoms with van der Waals surface area (Å²) in [6.45, 7) is 0.617. The standard InChI is InChI=1S/C10H15N3O3S2/c1-11-10-3-2-9(8-12-10)18(15,16)13-4-6-17(14)7-5-13/h2-3,8H,4-7H2,1H3,(H,11,12). The van der Waals surface area contributed by atoms with Gasteiger partial charge in [0.2, 0.25) is 10.0 Å². The molecule has 2 rings (SSSR count). The molecule has 8 heteroatoms. The molecule has 0 aromatic carbocycles. The molecule has 0 saturated carbocycles. The summed E-state index contributed by atoms with van der Waals surface area (Å²) in [5.74, 6) is 1.43. The highest BCUT2D eigenvalue weighted by Crippen LogP contribution is 2.17. The first kappa shape index (κ1) is 13.4. The quantitative estimate of drug-likeness (QED) is 0.839. The Balaban J connectivity index is 2.21. The molecular weight excluding hydrogens is 274 g/mol. The number of hydrogen-bond acceptors (Lipinski definition) is 5. The average Bonchev–Trinajstić information content (AvgIpc) is 2.39. The van der Waals surface area contributed by atoms with Crippen LogP contribution in [0.5, 0.6) is 0 Å². The molecular formula is C10H15N3O3S2. The summed E-state index contributed by atoms with van der Waals surface area (Å²) < 4.78 is 37.1. The molecule has 0 unspecified atom stereocenters. The molecule has 0 radical (unpaired) electrons. The third-order valence-electron chi connectivity index (χ3n) is 2.77. The number of nitrogens with zero attached hydrogens (tertiary/aromatic N) is 2. The lowest BCUT2D eigenvalue weighted by molar-refractivity contribution is 0.438. The van der Waals surface area contributed by atoms with Crippen molar-refractivity contribution in [3.63, 3.8) is 0 Å². The van der Waals surface area contributed by atoms with Crippen molar-refractivity contribution < 1.29 is 12.6 Å². The zero-order valence-corrected chi connectivity index (χ0v) is 11.6. The van der Waals surface area contributed by atoms with Crippen molar-refractivity contribution in [3.8, 4) is 0 Å². The van der Waals surface area contributed by atoms with E-state index in [1.54, 1.807) is 13.1 Å². The predicted octanol–water partition coefficient (Wildman–Crippen LogP) is -0.124. The van der Waals surface area contributed by atoms with Gasteiger partial charge in [0.1, 0.15) is 10.7 Å². The van der Waals surface area contributed by atoms with Gasteiger partial charge in [-0.15, -0.1) is 0 Å². The van der Waals surface area contributed by atoms with Crippen LogP contribution in [-0.4, -0.2) is 53.6 Å². The Bertz CT molecular complexity index is 532. The molecule has 1 aromatic heterocycles. The molecule has 1 fully saturated rings. The summed E-state index contributed by atoms with van der Waals surface area (Å²) in [6.07, 6.45) is 1.34. The highest BCUT2D eigenvalue weighted by atomic mass is 32.2. The molecule has 0 atom stereocenters. The summed E-state index contributed by atoms with van der Waals surface area (Å²) in [7, 11) is -2.67. The number of anilines is 1. The lowest BCUT2D eigenvalue weighted by Crippen LogP contribution is -2.41. The van der Waals surface area contributed by atoms with Crippen molar-refractivity contribution in [1.29, 1.82) is 0 Å². The first-order chi connectivity index (χ1) is 8.54. The van der Waals surface area contributed by atoms with Crippen LogP contribution in [0.4, 0.5) is 5.82 Å². The van der Waals surface area contributed by atoms with Gasteiger partial charge in [-0.05, 0) is 12.1 Å². The van der Waals surface area contributed by atoms with Crippen LogP contribution in [0.1, 0.15) is 0 Å². The Morgan fingerprint density at radius 2 is 2.00 bits per heavy atom. The minimum absolute atomic E-state index is 0.175. The van der Waals surface area contributed by atoms with Gasteiger partial charge in [-0.2, -0.15) is 4.31 Å². The van der Waals surface area contributed by atoms with Crippen LogP contribution in [0.25, 0.3) is 0 Å². The van der Waals surface area contributed by atoms with E-state index in [4.69, 9.17) is 0 Å². The topological polar surface area (TPSA) is 79.4 Å². The van der Waals surface area contributed by atoms with Gasteiger partial charge < -0.3 is 5.32 Å². The molecule has 2 heterocycles. The minimum atomic E-state index is -3.50. The number of rotatable bonds is 3. The Morgan fingerprint density at radius 3 is 2.50 bits per heavy atom. The maximum Gasteiger partial charge on any atom is 0.244 e. The summed E-state index contributed by atoms with van der Waals surface area (Å²) >= 11 is 0. The van der Waals surface area contributed by atoms with Crippen LogP contribution < -0.4 is 5.32 Å². The third kappa shape index (κ3) is 2.70. The summed E-state index contributed by atoms with van der Waals surface area (Å²) in [4.78, 5) is 4.17. The Kier molecular flexibility index (Phi) is 3.98. The monoisotopic (exact) mass is 289 g/mol. The zero-order chi connectivity index (χ0) is 13.2. The average molecular weight is 289 g/mol. The van der Waals surface area contributed by atoms with Gasteiger partial charge in [0.15, 0.2) is 0 Å². The van der Waals surface area contributed by atoms with Gasteiger partial charge in [-0.3, -0.25) is 4.21 Å². The second-order valence-corrected chi connectivity index (χ2v) is 7.52. The van der Waals surface area contributed by atoms with Crippen molar-refractivity contribution in [2.24, 2.45) is 0 Å². The lowest BCUT2D eigenvalue weighted by atomic mass is 10.5. The van der Waals surface area contributed by atoms with Gasteiger partial charge in [-0.1, -0.05) is 0 Å². The number of sulfonamides is 1. The van der Waals surface area contributed by atoms with Crippen molar-refractivity contribution >= 4 is 26.6 Å². The maximum absolute atomic E-state index is 12.3. The van der Waals surface area contributed by atoms with E-state index in [9.17, 15) is 12.6 Å². The molecule has 18 heavy (non-hydrogen) atoms. The predicted molar refractivity (Wildman–Crippen MR) is 70.4 cm³/mol. The van der Waals surface area contributed by atoms with Crippen molar-refractivity contribution in [2.45, 2.75) is 4.90 Å². The summed E-state index contributed by atoms with van der Waals surface area (Å²) in [6, 6.07) is 3.15. The summed E-state index contributed by atoms with van der Waals surface area (Å²) in [5, 5.41) is 2.83. The minimum Gasteiger partial charge on any atom is -0.373 e. The van der Waals surface area contributed by atoms with Gasteiger partial charge in [0.05, 0.1) is 0 Å². The SMILES string of the molecule is CNc1ccc(S(=O)(=O)N2CCS(=O)CC2)cn1. The number of hydrogen-bond donors (Lipinski definition) is 1. The molecule has 0 aliphatic carbocycles.